The summed E-state index contributed by atoms with van der Waals surface area (Å²) in [6.07, 6.45) is 3.09. The molecule has 0 heterocycles. The van der Waals surface area contributed by atoms with Crippen LogP contribution >= 0.6 is 0 Å². The Morgan fingerprint density at radius 1 is 1.33 bits per heavy atom. The van der Waals surface area contributed by atoms with Gasteiger partial charge in [-0.25, -0.2) is 0 Å². The average molecular weight is 205 g/mol. The lowest BCUT2D eigenvalue weighted by Crippen LogP contribution is -2.11. The maximum absolute atomic E-state index is 5.38. The summed E-state index contributed by atoms with van der Waals surface area (Å²) in [6, 6.07) is 10.3. The highest BCUT2D eigenvalue weighted by Crippen LogP contribution is 1.98. The predicted octanol–water partition coefficient (Wildman–Crippen LogP) is 2.72. The highest BCUT2D eigenvalue weighted by Gasteiger charge is 1.96. The zero-order valence-electron chi connectivity index (χ0n) is 9.52. The molecule has 0 aliphatic carbocycles. The van der Waals surface area contributed by atoms with Gasteiger partial charge in [-0.1, -0.05) is 30.3 Å². The molecule has 0 radical (unpaired) electrons. The zero-order valence-corrected chi connectivity index (χ0v) is 9.52. The van der Waals surface area contributed by atoms with Crippen LogP contribution in [0.5, 0.6) is 0 Å². The molecule has 2 nitrogen and oxygen atoms in total. The summed E-state index contributed by atoms with van der Waals surface area (Å²) in [5.74, 6) is 0. The van der Waals surface area contributed by atoms with Crippen molar-refractivity contribution >= 4 is 6.21 Å². The first kappa shape index (κ1) is 11.9. The fraction of sp³-hybridized carbons (Fsp3) is 0.462. The number of nitrogens with zero attached hydrogens (tertiary/aromatic N) is 1. The third-order valence-electron chi connectivity index (χ3n) is 2.11. The lowest BCUT2D eigenvalue weighted by atomic mass is 10.2. The van der Waals surface area contributed by atoms with E-state index in [0.29, 0.717) is 0 Å². The molecule has 1 atom stereocenters. The fourth-order valence-electron chi connectivity index (χ4n) is 1.34. The number of ether oxygens (including phenoxy) is 1. The Balaban J connectivity index is 2.22. The summed E-state index contributed by atoms with van der Waals surface area (Å²) in [6.45, 7) is 5.56. The van der Waals surface area contributed by atoms with E-state index in [2.05, 4.69) is 17.1 Å². The number of hydrogen-bond donors (Lipinski definition) is 0. The highest BCUT2D eigenvalue weighted by atomic mass is 16.5. The smallest absolute Gasteiger partial charge is 0.0741 e. The Morgan fingerprint density at radius 3 is 2.73 bits per heavy atom. The van der Waals surface area contributed by atoms with Crippen LogP contribution in [-0.2, 0) is 11.2 Å². The van der Waals surface area contributed by atoms with Gasteiger partial charge in [-0.15, -0.1) is 0 Å². The molecule has 0 fully saturated rings. The van der Waals surface area contributed by atoms with E-state index in [9.17, 15) is 0 Å². The molecule has 1 unspecified atom stereocenters. The third-order valence-corrected chi connectivity index (χ3v) is 2.11. The maximum atomic E-state index is 5.38. The topological polar surface area (TPSA) is 21.6 Å². The standard InChI is InChI=1S/C13H19NO/c1-3-15-12(2)11-14-10-9-13-7-5-4-6-8-13/h4-8,10,12H,3,9,11H2,1-2H3/b14-10+. The maximum Gasteiger partial charge on any atom is 0.0741 e. The van der Waals surface area contributed by atoms with Crippen molar-refractivity contribution in [2.45, 2.75) is 26.4 Å². The van der Waals surface area contributed by atoms with Crippen molar-refractivity contribution in [2.75, 3.05) is 13.2 Å². The van der Waals surface area contributed by atoms with E-state index >= 15 is 0 Å². The second-order valence-electron chi connectivity index (χ2n) is 3.50. The van der Waals surface area contributed by atoms with E-state index in [-0.39, 0.29) is 6.10 Å². The van der Waals surface area contributed by atoms with E-state index in [0.717, 1.165) is 19.6 Å². The van der Waals surface area contributed by atoms with Crippen LogP contribution in [0.1, 0.15) is 19.4 Å². The molecule has 0 spiro atoms. The van der Waals surface area contributed by atoms with Gasteiger partial charge in [0.2, 0.25) is 0 Å². The molecule has 0 saturated heterocycles. The molecule has 2 heteroatoms. The minimum absolute atomic E-state index is 0.224. The van der Waals surface area contributed by atoms with Crippen molar-refractivity contribution in [3.05, 3.63) is 35.9 Å². The van der Waals surface area contributed by atoms with Crippen molar-refractivity contribution in [1.82, 2.24) is 0 Å². The Morgan fingerprint density at radius 2 is 2.07 bits per heavy atom. The third kappa shape index (κ3) is 5.33. The minimum atomic E-state index is 0.224. The first-order valence-corrected chi connectivity index (χ1v) is 5.46. The fourth-order valence-corrected chi connectivity index (χ4v) is 1.34. The monoisotopic (exact) mass is 205 g/mol. The van der Waals surface area contributed by atoms with Crippen LogP contribution in [0.15, 0.2) is 35.3 Å². The van der Waals surface area contributed by atoms with Crippen molar-refractivity contribution in [3.8, 4) is 0 Å². The molecule has 0 N–H and O–H groups in total. The highest BCUT2D eigenvalue weighted by molar-refractivity contribution is 5.61. The van der Waals surface area contributed by atoms with Gasteiger partial charge in [0.25, 0.3) is 0 Å². The molecule has 1 rings (SSSR count). The number of benzene rings is 1. The SMILES string of the molecule is CCOC(C)C/N=C/Cc1ccccc1. The average Bonchev–Trinajstić information content (AvgIpc) is 2.26. The molecule has 0 aliphatic heterocycles. The van der Waals surface area contributed by atoms with Gasteiger partial charge in [-0.3, -0.25) is 4.99 Å². The molecule has 1 aromatic rings. The molecule has 0 aromatic heterocycles. The second-order valence-corrected chi connectivity index (χ2v) is 3.50. The first-order chi connectivity index (χ1) is 7.33. The molecule has 15 heavy (non-hydrogen) atoms. The van der Waals surface area contributed by atoms with Crippen LogP contribution in [0.4, 0.5) is 0 Å². The van der Waals surface area contributed by atoms with E-state index in [1.165, 1.54) is 5.56 Å². The van der Waals surface area contributed by atoms with Crippen LogP contribution in [0.2, 0.25) is 0 Å². The first-order valence-electron chi connectivity index (χ1n) is 5.46. The Bertz CT molecular complexity index is 282. The van der Waals surface area contributed by atoms with Crippen LogP contribution in [0, 0.1) is 0 Å². The van der Waals surface area contributed by atoms with Gasteiger partial charge in [0, 0.05) is 19.2 Å². The van der Waals surface area contributed by atoms with Crippen LogP contribution in [0.25, 0.3) is 0 Å². The molecule has 0 saturated carbocycles. The summed E-state index contributed by atoms with van der Waals surface area (Å²) in [4.78, 5) is 4.34. The molecule has 1 aromatic carbocycles. The van der Waals surface area contributed by atoms with Crippen LogP contribution < -0.4 is 0 Å². The molecule has 0 aliphatic rings. The summed E-state index contributed by atoms with van der Waals surface area (Å²) in [5.41, 5.74) is 1.30. The van der Waals surface area contributed by atoms with Crippen LogP contribution in [0.3, 0.4) is 0 Å². The quantitative estimate of drug-likeness (QED) is 0.654. The predicted molar refractivity (Wildman–Crippen MR) is 64.6 cm³/mol. The number of aliphatic imine (C=N–C) groups is 1. The Hall–Kier alpha value is -1.15. The normalized spacial score (nSPS) is 13.2. The number of hydrogen-bond acceptors (Lipinski definition) is 2. The zero-order chi connectivity index (χ0) is 10.9. The Kier molecular flexibility index (Phi) is 5.71. The van der Waals surface area contributed by atoms with Crippen molar-refractivity contribution < 1.29 is 4.74 Å². The van der Waals surface area contributed by atoms with Gasteiger partial charge in [-0.05, 0) is 19.4 Å². The largest absolute Gasteiger partial charge is 0.377 e. The van der Waals surface area contributed by atoms with E-state index in [1.54, 1.807) is 0 Å². The summed E-state index contributed by atoms with van der Waals surface area (Å²) >= 11 is 0. The molecular formula is C13H19NO. The second kappa shape index (κ2) is 7.18. The van der Waals surface area contributed by atoms with Gasteiger partial charge in [0.1, 0.15) is 0 Å². The van der Waals surface area contributed by atoms with E-state index in [4.69, 9.17) is 4.74 Å². The summed E-state index contributed by atoms with van der Waals surface area (Å²) in [7, 11) is 0. The number of rotatable bonds is 6. The minimum Gasteiger partial charge on any atom is -0.377 e. The summed E-state index contributed by atoms with van der Waals surface area (Å²) < 4.78 is 5.38. The molecule has 82 valence electrons. The summed E-state index contributed by atoms with van der Waals surface area (Å²) in [5, 5.41) is 0. The lowest BCUT2D eigenvalue weighted by molar-refractivity contribution is 0.0830. The van der Waals surface area contributed by atoms with Gasteiger partial charge < -0.3 is 4.74 Å². The van der Waals surface area contributed by atoms with Gasteiger partial charge >= 0.3 is 0 Å². The van der Waals surface area contributed by atoms with E-state index < -0.39 is 0 Å². The van der Waals surface area contributed by atoms with Crippen LogP contribution in [-0.4, -0.2) is 25.5 Å². The van der Waals surface area contributed by atoms with Gasteiger partial charge in [0.05, 0.1) is 12.6 Å². The van der Waals surface area contributed by atoms with Gasteiger partial charge in [-0.2, -0.15) is 0 Å². The van der Waals surface area contributed by atoms with Gasteiger partial charge in [0.15, 0.2) is 0 Å². The van der Waals surface area contributed by atoms with E-state index in [1.807, 2.05) is 38.3 Å². The van der Waals surface area contributed by atoms with Crippen molar-refractivity contribution in [3.63, 3.8) is 0 Å². The Labute approximate surface area is 92.0 Å². The molecule has 0 bridgehead atoms. The van der Waals surface area contributed by atoms with Crippen molar-refractivity contribution in [1.29, 1.82) is 0 Å². The molecule has 0 amide bonds. The lowest BCUT2D eigenvalue weighted by Gasteiger charge is -2.07. The van der Waals surface area contributed by atoms with Crippen molar-refractivity contribution in [2.24, 2.45) is 4.99 Å². The molecular weight excluding hydrogens is 186 g/mol.